The van der Waals surface area contributed by atoms with Crippen molar-refractivity contribution in [2.45, 2.75) is 20.3 Å². The summed E-state index contributed by atoms with van der Waals surface area (Å²) in [5, 5.41) is 0. The van der Waals surface area contributed by atoms with Crippen molar-refractivity contribution in [1.82, 2.24) is 4.90 Å². The fourth-order valence-corrected chi connectivity index (χ4v) is 1.08. The second-order valence-corrected chi connectivity index (χ2v) is 3.73. The number of nitrogens with zero attached hydrogens (tertiary/aromatic N) is 1. The number of hydrogen-bond acceptors (Lipinski definition) is 1. The highest BCUT2D eigenvalue weighted by molar-refractivity contribution is 5.34. The first-order chi connectivity index (χ1) is 6.51. The minimum atomic E-state index is 0.665. The zero-order valence-corrected chi connectivity index (χ0v) is 9.60. The fraction of sp³-hybridized carbons (Fsp3) is 0.500. The van der Waals surface area contributed by atoms with Gasteiger partial charge in [0, 0.05) is 6.54 Å². The molecule has 0 aromatic heterocycles. The first-order valence-corrected chi connectivity index (χ1v) is 4.81. The summed E-state index contributed by atoms with van der Waals surface area (Å²) in [6.45, 7) is 8.57. The van der Waals surface area contributed by atoms with Gasteiger partial charge in [0.2, 0.25) is 0 Å². The summed E-state index contributed by atoms with van der Waals surface area (Å²) in [6, 6.07) is 0. The highest BCUT2D eigenvalue weighted by Crippen LogP contribution is 2.13. The summed E-state index contributed by atoms with van der Waals surface area (Å²) in [4.78, 5) is 2.05. The Bertz CT molecular complexity index is 249. The van der Waals surface area contributed by atoms with Gasteiger partial charge in [0.05, 0.1) is 6.33 Å². The average molecular weight is 197 g/mol. The maximum atomic E-state index is 12.4. The van der Waals surface area contributed by atoms with E-state index in [2.05, 4.69) is 6.58 Å². The van der Waals surface area contributed by atoms with Gasteiger partial charge >= 0.3 is 0 Å². The van der Waals surface area contributed by atoms with Crippen LogP contribution in [0.4, 0.5) is 4.39 Å². The van der Waals surface area contributed by atoms with Gasteiger partial charge in [0.1, 0.15) is 0 Å². The lowest BCUT2D eigenvalue weighted by molar-refractivity contribution is 0.447. The van der Waals surface area contributed by atoms with Crippen LogP contribution in [-0.2, 0) is 0 Å². The zero-order valence-electron chi connectivity index (χ0n) is 9.60. The Labute approximate surface area is 86.6 Å². The first-order valence-electron chi connectivity index (χ1n) is 4.81. The maximum Gasteiger partial charge on any atom is 0.0898 e. The van der Waals surface area contributed by atoms with Gasteiger partial charge in [-0.1, -0.05) is 25.2 Å². The zero-order chi connectivity index (χ0) is 11.1. The van der Waals surface area contributed by atoms with Crippen molar-refractivity contribution in [2.24, 2.45) is 0 Å². The monoisotopic (exact) mass is 197 g/mol. The van der Waals surface area contributed by atoms with E-state index in [-0.39, 0.29) is 0 Å². The van der Waals surface area contributed by atoms with E-state index in [1.165, 1.54) is 0 Å². The largest absolute Gasteiger partial charge is 0.305 e. The van der Waals surface area contributed by atoms with E-state index >= 15 is 0 Å². The summed E-state index contributed by atoms with van der Waals surface area (Å²) in [7, 11) is 3.98. The number of allylic oxidation sites excluding steroid dienone is 2. The highest BCUT2D eigenvalue weighted by Gasteiger charge is 2.01. The molecular formula is C12H20FN. The van der Waals surface area contributed by atoms with Crippen LogP contribution in [0, 0.1) is 0 Å². The molecule has 2 heteroatoms. The lowest BCUT2D eigenvalue weighted by Gasteiger charge is -2.13. The van der Waals surface area contributed by atoms with Crippen LogP contribution in [0.25, 0.3) is 0 Å². The molecule has 0 spiro atoms. The second-order valence-electron chi connectivity index (χ2n) is 3.73. The summed E-state index contributed by atoms with van der Waals surface area (Å²) in [5.74, 6) is 0. The van der Waals surface area contributed by atoms with Gasteiger partial charge in [-0.25, -0.2) is 4.39 Å². The van der Waals surface area contributed by atoms with Crippen LogP contribution in [-0.4, -0.2) is 25.5 Å². The second kappa shape index (κ2) is 6.55. The summed E-state index contributed by atoms with van der Waals surface area (Å²) < 4.78 is 12.4. The fourth-order valence-electron chi connectivity index (χ4n) is 1.08. The van der Waals surface area contributed by atoms with Crippen molar-refractivity contribution in [2.75, 3.05) is 20.6 Å². The number of likely N-dealkylation sites (N-methyl/N-ethyl adjacent to an activating group) is 1. The molecule has 0 fully saturated rings. The summed E-state index contributed by atoms with van der Waals surface area (Å²) in [5.41, 5.74) is 2.79. The van der Waals surface area contributed by atoms with Gasteiger partial charge < -0.3 is 4.90 Å². The van der Waals surface area contributed by atoms with Crippen LogP contribution in [0.15, 0.2) is 35.7 Å². The molecule has 0 aliphatic rings. The molecule has 0 saturated heterocycles. The quantitative estimate of drug-likeness (QED) is 0.611. The minimum absolute atomic E-state index is 0.665. The van der Waals surface area contributed by atoms with Crippen molar-refractivity contribution in [3.8, 4) is 0 Å². The maximum absolute atomic E-state index is 12.4. The lowest BCUT2D eigenvalue weighted by atomic mass is 10.0. The average Bonchev–Trinajstić information content (AvgIpc) is 2.11. The van der Waals surface area contributed by atoms with Crippen molar-refractivity contribution in [3.05, 3.63) is 35.7 Å². The van der Waals surface area contributed by atoms with E-state index in [0.717, 1.165) is 17.7 Å². The number of halogens is 1. The molecule has 0 aromatic carbocycles. The van der Waals surface area contributed by atoms with E-state index in [0.29, 0.717) is 18.3 Å². The van der Waals surface area contributed by atoms with Crippen LogP contribution in [0.1, 0.15) is 20.3 Å². The van der Waals surface area contributed by atoms with E-state index in [4.69, 9.17) is 0 Å². The minimum Gasteiger partial charge on any atom is -0.305 e. The Hall–Kier alpha value is -0.890. The lowest BCUT2D eigenvalue weighted by Crippen LogP contribution is -2.15. The molecule has 0 unspecified atom stereocenters. The highest BCUT2D eigenvalue weighted by atomic mass is 19.1. The molecule has 0 aliphatic carbocycles. The van der Waals surface area contributed by atoms with E-state index in [1.807, 2.05) is 38.9 Å². The first kappa shape index (κ1) is 13.1. The molecule has 0 saturated carbocycles. The summed E-state index contributed by atoms with van der Waals surface area (Å²) >= 11 is 0. The Morgan fingerprint density at radius 2 is 2.00 bits per heavy atom. The van der Waals surface area contributed by atoms with E-state index < -0.39 is 0 Å². The SMILES string of the molecule is C=C(C)/C(=C/C(=C/F)CC)CN(C)C. The smallest absolute Gasteiger partial charge is 0.0898 e. The molecule has 0 aromatic rings. The molecule has 0 radical (unpaired) electrons. The van der Waals surface area contributed by atoms with Crippen LogP contribution in [0.2, 0.25) is 0 Å². The van der Waals surface area contributed by atoms with Crippen molar-refractivity contribution < 1.29 is 4.39 Å². The Morgan fingerprint density at radius 3 is 2.29 bits per heavy atom. The van der Waals surface area contributed by atoms with E-state index in [9.17, 15) is 4.39 Å². The topological polar surface area (TPSA) is 3.24 Å². The normalized spacial score (nSPS) is 13.6. The predicted molar refractivity (Wildman–Crippen MR) is 60.9 cm³/mol. The Kier molecular flexibility index (Phi) is 6.13. The predicted octanol–water partition coefficient (Wildman–Crippen LogP) is 3.31. The van der Waals surface area contributed by atoms with Gasteiger partial charge in [0.15, 0.2) is 0 Å². The Morgan fingerprint density at radius 1 is 1.43 bits per heavy atom. The molecule has 0 aliphatic heterocycles. The van der Waals surface area contributed by atoms with Crippen LogP contribution >= 0.6 is 0 Å². The Balaban J connectivity index is 4.72. The van der Waals surface area contributed by atoms with E-state index in [1.54, 1.807) is 0 Å². The van der Waals surface area contributed by atoms with Crippen LogP contribution in [0.5, 0.6) is 0 Å². The third-order valence-electron chi connectivity index (χ3n) is 1.94. The molecule has 0 amide bonds. The van der Waals surface area contributed by atoms with Gasteiger partial charge in [-0.05, 0) is 38.6 Å². The molecule has 0 rings (SSSR count). The van der Waals surface area contributed by atoms with Crippen molar-refractivity contribution in [3.63, 3.8) is 0 Å². The third-order valence-corrected chi connectivity index (χ3v) is 1.94. The molecule has 0 bridgehead atoms. The molecule has 0 N–H and O–H groups in total. The third kappa shape index (κ3) is 4.97. The molecular weight excluding hydrogens is 177 g/mol. The van der Waals surface area contributed by atoms with Gasteiger partial charge in [-0.3, -0.25) is 0 Å². The molecule has 0 heterocycles. The molecule has 14 heavy (non-hydrogen) atoms. The van der Waals surface area contributed by atoms with Crippen LogP contribution < -0.4 is 0 Å². The molecule has 1 nitrogen and oxygen atoms in total. The van der Waals surface area contributed by atoms with Gasteiger partial charge in [-0.15, -0.1) is 0 Å². The molecule has 0 atom stereocenters. The number of rotatable bonds is 5. The summed E-state index contributed by atoms with van der Waals surface area (Å²) in [6.07, 6.45) is 3.25. The van der Waals surface area contributed by atoms with Crippen molar-refractivity contribution in [1.29, 1.82) is 0 Å². The molecule has 80 valence electrons. The van der Waals surface area contributed by atoms with Gasteiger partial charge in [0.25, 0.3) is 0 Å². The standard InChI is InChI=1S/C12H20FN/c1-6-11(8-13)7-12(10(2)3)9-14(4)5/h7-8H,2,6,9H2,1,3-5H3/b11-8+,12-7+. The van der Waals surface area contributed by atoms with Crippen LogP contribution in [0.3, 0.4) is 0 Å². The van der Waals surface area contributed by atoms with Gasteiger partial charge in [-0.2, -0.15) is 0 Å². The number of hydrogen-bond donors (Lipinski definition) is 0. The van der Waals surface area contributed by atoms with Crippen molar-refractivity contribution >= 4 is 0 Å².